The molecule has 6 nitrogen and oxygen atoms in total. The summed E-state index contributed by atoms with van der Waals surface area (Å²) in [5, 5.41) is 8.98. The average Bonchev–Trinajstić information content (AvgIpc) is 2.72. The van der Waals surface area contributed by atoms with Gasteiger partial charge < -0.3 is 19.5 Å². The van der Waals surface area contributed by atoms with E-state index in [-0.39, 0.29) is 5.97 Å². The van der Waals surface area contributed by atoms with E-state index in [0.717, 1.165) is 30.9 Å². The van der Waals surface area contributed by atoms with Crippen LogP contribution in [0.15, 0.2) is 54.6 Å². The number of hydrogen-bond donors (Lipinski definition) is 1. The van der Waals surface area contributed by atoms with Crippen molar-refractivity contribution in [2.24, 2.45) is 0 Å². The number of carboxylic acids is 1. The van der Waals surface area contributed by atoms with Gasteiger partial charge in [-0.05, 0) is 49.8 Å². The van der Waals surface area contributed by atoms with Crippen molar-refractivity contribution in [3.05, 3.63) is 60.2 Å². The molecule has 0 amide bonds. The number of hydrogen-bond acceptors (Lipinski definition) is 5. The number of esters is 1. The molecule has 2 rings (SSSR count). The summed E-state index contributed by atoms with van der Waals surface area (Å²) in [6, 6.07) is 16.6. The number of carbonyl (C=O) groups excluding carboxylic acids is 1. The first-order valence-corrected chi connectivity index (χ1v) is 9.78. The number of benzene rings is 2. The van der Waals surface area contributed by atoms with Crippen LogP contribution >= 0.6 is 0 Å². The predicted octanol–water partition coefficient (Wildman–Crippen LogP) is 4.56. The minimum atomic E-state index is -0.841. The minimum absolute atomic E-state index is 0.197. The molecular formula is C23H31NO5. The molecule has 0 aliphatic rings. The van der Waals surface area contributed by atoms with Gasteiger partial charge in [0.25, 0.3) is 0 Å². The van der Waals surface area contributed by atoms with Crippen molar-refractivity contribution in [2.45, 2.75) is 33.6 Å². The lowest BCUT2D eigenvalue weighted by Crippen LogP contribution is -2.27. The van der Waals surface area contributed by atoms with Gasteiger partial charge in [0.15, 0.2) is 0 Å². The number of carboxylic acid groups (broad SMARTS) is 1. The van der Waals surface area contributed by atoms with Crippen molar-refractivity contribution in [3.63, 3.8) is 0 Å². The van der Waals surface area contributed by atoms with E-state index >= 15 is 0 Å². The van der Waals surface area contributed by atoms with Crippen LogP contribution in [0.4, 0.5) is 0 Å². The molecule has 0 spiro atoms. The zero-order chi connectivity index (χ0) is 21.6. The highest BCUT2D eigenvalue weighted by Gasteiger charge is 2.14. The molecule has 0 aliphatic carbocycles. The summed E-state index contributed by atoms with van der Waals surface area (Å²) in [4.78, 5) is 23.5. The minimum Gasteiger partial charge on any atom is -0.481 e. The van der Waals surface area contributed by atoms with Crippen LogP contribution < -0.4 is 4.74 Å². The van der Waals surface area contributed by atoms with Crippen molar-refractivity contribution in [1.29, 1.82) is 0 Å². The van der Waals surface area contributed by atoms with Gasteiger partial charge in [-0.25, -0.2) is 0 Å². The smallest absolute Gasteiger partial charge is 0.310 e. The number of nitrogens with zero attached hydrogens (tertiary/aromatic N) is 1. The van der Waals surface area contributed by atoms with E-state index in [0.29, 0.717) is 12.4 Å². The Morgan fingerprint density at radius 3 is 2.17 bits per heavy atom. The maximum Gasteiger partial charge on any atom is 0.310 e. The quantitative estimate of drug-likeness (QED) is 0.621. The first-order chi connectivity index (χ1) is 13.9. The Bertz CT molecular complexity index is 744. The van der Waals surface area contributed by atoms with Crippen LogP contribution in [0, 0.1) is 0 Å². The number of para-hydroxylation sites is 1. The molecule has 0 aromatic heterocycles. The summed E-state index contributed by atoms with van der Waals surface area (Å²) in [5.41, 5.74) is 0.732. The average molecular weight is 402 g/mol. The van der Waals surface area contributed by atoms with Crippen molar-refractivity contribution in [3.8, 4) is 11.5 Å². The molecule has 0 saturated carbocycles. The lowest BCUT2D eigenvalue weighted by atomic mass is 10.0. The summed E-state index contributed by atoms with van der Waals surface area (Å²) in [6.07, 6.45) is 0. The van der Waals surface area contributed by atoms with E-state index in [2.05, 4.69) is 18.7 Å². The molecule has 29 heavy (non-hydrogen) atoms. The summed E-state index contributed by atoms with van der Waals surface area (Å²) < 4.78 is 10.5. The summed E-state index contributed by atoms with van der Waals surface area (Å²) >= 11 is 0. The molecule has 0 bridgehead atoms. The van der Waals surface area contributed by atoms with Gasteiger partial charge in [-0.2, -0.15) is 0 Å². The van der Waals surface area contributed by atoms with Crippen molar-refractivity contribution >= 4 is 11.9 Å². The van der Waals surface area contributed by atoms with Crippen LogP contribution in [-0.4, -0.2) is 48.2 Å². The molecule has 0 heterocycles. The first-order valence-electron chi connectivity index (χ1n) is 9.78. The predicted molar refractivity (Wildman–Crippen MR) is 113 cm³/mol. The van der Waals surface area contributed by atoms with Gasteiger partial charge in [-0.15, -0.1) is 0 Å². The molecule has 0 aliphatic heterocycles. The van der Waals surface area contributed by atoms with Crippen LogP contribution in [0.2, 0.25) is 0 Å². The molecule has 6 heteroatoms. The number of likely N-dealkylation sites (N-methyl/N-ethyl adjacent to an activating group) is 1. The van der Waals surface area contributed by atoms with Crippen LogP contribution in [0.5, 0.6) is 11.5 Å². The van der Waals surface area contributed by atoms with Crippen molar-refractivity contribution in [1.82, 2.24) is 4.90 Å². The molecule has 2 aromatic rings. The maximum absolute atomic E-state index is 10.9. The largest absolute Gasteiger partial charge is 0.481 e. The van der Waals surface area contributed by atoms with Gasteiger partial charge in [0.05, 0.1) is 5.92 Å². The molecule has 0 saturated heterocycles. The van der Waals surface area contributed by atoms with E-state index in [1.165, 1.54) is 6.92 Å². The van der Waals surface area contributed by atoms with Gasteiger partial charge >= 0.3 is 11.9 Å². The molecule has 0 fully saturated rings. The molecule has 158 valence electrons. The number of ether oxygens (including phenoxy) is 2. The highest BCUT2D eigenvalue weighted by Crippen LogP contribution is 2.25. The fourth-order valence-corrected chi connectivity index (χ4v) is 2.47. The standard InChI is InChI=1S/C15H14O3.C8H17NO2/c1-11(15(16)17)12-6-5-9-14(10-12)18-13-7-3-2-4-8-13;1-4-9(5-2)6-7-11-8(3)10/h2-11H,1H3,(H,16,17);4-7H2,1-3H3. The Kier molecular flexibility index (Phi) is 11.1. The molecule has 2 aromatic carbocycles. The third-order valence-electron chi connectivity index (χ3n) is 4.31. The third-order valence-corrected chi connectivity index (χ3v) is 4.31. The molecule has 1 atom stereocenters. The van der Waals surface area contributed by atoms with Gasteiger partial charge in [0.1, 0.15) is 18.1 Å². The van der Waals surface area contributed by atoms with Crippen LogP contribution in [0.1, 0.15) is 39.2 Å². The lowest BCUT2D eigenvalue weighted by molar-refractivity contribution is -0.141. The van der Waals surface area contributed by atoms with Crippen molar-refractivity contribution < 1.29 is 24.2 Å². The summed E-state index contributed by atoms with van der Waals surface area (Å²) in [7, 11) is 0. The van der Waals surface area contributed by atoms with Gasteiger partial charge in [-0.1, -0.05) is 44.2 Å². The maximum atomic E-state index is 10.9. The summed E-state index contributed by atoms with van der Waals surface area (Å²) in [5.74, 6) is -0.197. The van der Waals surface area contributed by atoms with E-state index < -0.39 is 11.9 Å². The summed E-state index contributed by atoms with van der Waals surface area (Å²) in [6.45, 7) is 10.7. The number of aliphatic carboxylic acids is 1. The van der Waals surface area contributed by atoms with E-state index in [9.17, 15) is 9.59 Å². The topological polar surface area (TPSA) is 76.1 Å². The zero-order valence-corrected chi connectivity index (χ0v) is 17.6. The van der Waals surface area contributed by atoms with Crippen LogP contribution in [-0.2, 0) is 14.3 Å². The molecule has 1 N–H and O–H groups in total. The Morgan fingerprint density at radius 2 is 1.62 bits per heavy atom. The molecule has 0 radical (unpaired) electrons. The number of rotatable bonds is 9. The van der Waals surface area contributed by atoms with Crippen LogP contribution in [0.25, 0.3) is 0 Å². The van der Waals surface area contributed by atoms with Gasteiger partial charge in [-0.3, -0.25) is 9.59 Å². The monoisotopic (exact) mass is 401 g/mol. The van der Waals surface area contributed by atoms with Crippen molar-refractivity contribution in [2.75, 3.05) is 26.2 Å². The first kappa shape index (κ1) is 24.2. The second-order valence-electron chi connectivity index (χ2n) is 6.41. The Hall–Kier alpha value is -2.86. The zero-order valence-electron chi connectivity index (χ0n) is 17.6. The molecule has 1 unspecified atom stereocenters. The fourth-order valence-electron chi connectivity index (χ4n) is 2.47. The van der Waals surface area contributed by atoms with Gasteiger partial charge in [0, 0.05) is 13.5 Å². The second-order valence-corrected chi connectivity index (χ2v) is 6.41. The third kappa shape index (κ3) is 9.76. The van der Waals surface area contributed by atoms with Gasteiger partial charge in [0.2, 0.25) is 0 Å². The SMILES string of the molecule is CC(C(=O)O)c1cccc(Oc2ccccc2)c1.CCN(CC)CCOC(C)=O. The lowest BCUT2D eigenvalue weighted by Gasteiger charge is -2.16. The number of carbonyl (C=O) groups is 2. The Morgan fingerprint density at radius 1 is 1.00 bits per heavy atom. The van der Waals surface area contributed by atoms with E-state index in [1.807, 2.05) is 36.4 Å². The normalized spacial score (nSPS) is 11.2. The van der Waals surface area contributed by atoms with E-state index in [4.69, 9.17) is 14.6 Å². The second kappa shape index (κ2) is 13.3. The molecular weight excluding hydrogens is 370 g/mol. The highest BCUT2D eigenvalue weighted by molar-refractivity contribution is 5.75. The fraction of sp³-hybridized carbons (Fsp3) is 0.391. The van der Waals surface area contributed by atoms with Crippen LogP contribution in [0.3, 0.4) is 0 Å². The highest BCUT2D eigenvalue weighted by atomic mass is 16.5. The Labute approximate surface area is 173 Å². The van der Waals surface area contributed by atoms with E-state index in [1.54, 1.807) is 25.1 Å². The Balaban J connectivity index is 0.000000331.